The number of carbonyl (C=O) groups is 2. The van der Waals surface area contributed by atoms with E-state index in [1.54, 1.807) is 0 Å². The van der Waals surface area contributed by atoms with E-state index in [9.17, 15) is 14.7 Å². The van der Waals surface area contributed by atoms with Crippen molar-refractivity contribution >= 4 is 17.5 Å². The van der Waals surface area contributed by atoms with Crippen LogP contribution in [0.2, 0.25) is 0 Å². The molecule has 0 aromatic heterocycles. The molecule has 2 amide bonds. The lowest BCUT2D eigenvalue weighted by Gasteiger charge is -2.18. The van der Waals surface area contributed by atoms with Gasteiger partial charge in [0.25, 0.3) is 0 Å². The Morgan fingerprint density at radius 2 is 1.80 bits per heavy atom. The summed E-state index contributed by atoms with van der Waals surface area (Å²) in [7, 11) is 4.34. The monoisotopic (exact) mass is 282 g/mol. The van der Waals surface area contributed by atoms with Crippen molar-refractivity contribution in [1.82, 2.24) is 5.32 Å². The average Bonchev–Trinajstić information content (AvgIpc) is 2.47. The molecule has 0 spiro atoms. The molecule has 1 aromatic carbocycles. The number of phenols is 1. The lowest BCUT2D eigenvalue weighted by Crippen LogP contribution is -2.44. The number of nitrogens with one attached hydrogen (secondary N) is 1. The molecule has 0 unspecified atom stereocenters. The topological polar surface area (TPSA) is 88.1 Å². The van der Waals surface area contributed by atoms with Gasteiger partial charge in [-0.25, -0.2) is 0 Å². The Labute approximate surface area is 117 Å². The Morgan fingerprint density at radius 1 is 1.25 bits per heavy atom. The maximum absolute atomic E-state index is 11.9. The van der Waals surface area contributed by atoms with Crippen LogP contribution < -0.4 is 10.2 Å². The highest BCUT2D eigenvalue weighted by Gasteiger charge is 2.20. The highest BCUT2D eigenvalue weighted by atomic mass is 16.7. The highest BCUT2D eigenvalue weighted by molar-refractivity contribution is 6.40. The molecule has 2 N–H and O–H groups in total. The number of anilines is 1. The quantitative estimate of drug-likeness (QED) is 0.590. The number of likely N-dealkylation sites (N-methyl/N-ethyl adjacent to an activating group) is 1. The molecule has 7 heteroatoms. The fourth-order valence-corrected chi connectivity index (χ4v) is 1.46. The number of ether oxygens (including phenoxy) is 2. The number of nitrogens with zero attached hydrogens (tertiary/aromatic N) is 1. The van der Waals surface area contributed by atoms with Crippen molar-refractivity contribution in [2.45, 2.75) is 6.29 Å². The number of hydrogen-bond donors (Lipinski definition) is 2. The van der Waals surface area contributed by atoms with Crippen molar-refractivity contribution in [3.05, 3.63) is 24.3 Å². The average molecular weight is 282 g/mol. The molecule has 0 radical (unpaired) electrons. The first-order chi connectivity index (χ1) is 9.49. The van der Waals surface area contributed by atoms with E-state index in [1.165, 1.54) is 50.4 Å². The summed E-state index contributed by atoms with van der Waals surface area (Å²) in [5.41, 5.74) is 0.498. The van der Waals surface area contributed by atoms with Crippen molar-refractivity contribution in [2.75, 3.05) is 32.7 Å². The molecule has 0 saturated carbocycles. The summed E-state index contributed by atoms with van der Waals surface area (Å²) in [5, 5.41) is 11.6. The minimum Gasteiger partial charge on any atom is -0.508 e. The molecule has 0 fully saturated rings. The van der Waals surface area contributed by atoms with Gasteiger partial charge in [-0.15, -0.1) is 0 Å². The summed E-state index contributed by atoms with van der Waals surface area (Å²) in [4.78, 5) is 24.8. The first kappa shape index (κ1) is 15.9. The first-order valence-corrected chi connectivity index (χ1v) is 5.90. The van der Waals surface area contributed by atoms with Gasteiger partial charge in [0, 0.05) is 27.0 Å². The van der Waals surface area contributed by atoms with Gasteiger partial charge in [-0.3, -0.25) is 9.59 Å². The molecule has 0 bridgehead atoms. The lowest BCUT2D eigenvalue weighted by molar-refractivity contribution is -0.140. The third kappa shape index (κ3) is 4.22. The van der Waals surface area contributed by atoms with Gasteiger partial charge in [-0.05, 0) is 24.3 Å². The van der Waals surface area contributed by atoms with Crippen molar-refractivity contribution in [3.63, 3.8) is 0 Å². The molecular formula is C13H18N2O5. The van der Waals surface area contributed by atoms with Gasteiger partial charge in [0.2, 0.25) is 0 Å². The van der Waals surface area contributed by atoms with Gasteiger partial charge in [-0.2, -0.15) is 0 Å². The van der Waals surface area contributed by atoms with Crippen LogP contribution in [0.5, 0.6) is 5.75 Å². The molecule has 1 aromatic rings. The van der Waals surface area contributed by atoms with Gasteiger partial charge < -0.3 is 24.8 Å². The van der Waals surface area contributed by atoms with E-state index in [4.69, 9.17) is 9.47 Å². The molecule has 20 heavy (non-hydrogen) atoms. The van der Waals surface area contributed by atoms with E-state index in [2.05, 4.69) is 5.32 Å². The van der Waals surface area contributed by atoms with E-state index >= 15 is 0 Å². The Balaban J connectivity index is 2.60. The fraction of sp³-hybridized carbons (Fsp3) is 0.385. The zero-order valence-electron chi connectivity index (χ0n) is 11.6. The Kier molecular flexibility index (Phi) is 5.95. The van der Waals surface area contributed by atoms with E-state index < -0.39 is 18.1 Å². The molecule has 0 aliphatic carbocycles. The van der Waals surface area contributed by atoms with Gasteiger partial charge >= 0.3 is 11.8 Å². The van der Waals surface area contributed by atoms with E-state index in [0.29, 0.717) is 5.69 Å². The fourth-order valence-electron chi connectivity index (χ4n) is 1.46. The third-order valence-electron chi connectivity index (χ3n) is 2.69. The largest absolute Gasteiger partial charge is 0.508 e. The van der Waals surface area contributed by atoms with Crippen LogP contribution >= 0.6 is 0 Å². The number of benzene rings is 1. The summed E-state index contributed by atoms with van der Waals surface area (Å²) in [6, 6.07) is 5.94. The van der Waals surface area contributed by atoms with Gasteiger partial charge in [-0.1, -0.05) is 0 Å². The van der Waals surface area contributed by atoms with Crippen LogP contribution in [0, 0.1) is 0 Å². The number of aromatic hydroxyl groups is 1. The number of rotatable bonds is 5. The van der Waals surface area contributed by atoms with Crippen LogP contribution in [0.3, 0.4) is 0 Å². The summed E-state index contributed by atoms with van der Waals surface area (Å²) >= 11 is 0. The van der Waals surface area contributed by atoms with Crippen molar-refractivity contribution in [1.29, 1.82) is 0 Å². The Bertz CT molecular complexity index is 456. The van der Waals surface area contributed by atoms with E-state index in [1.807, 2.05) is 0 Å². The first-order valence-electron chi connectivity index (χ1n) is 5.90. The number of amides is 2. The summed E-state index contributed by atoms with van der Waals surface area (Å²) < 4.78 is 9.80. The van der Waals surface area contributed by atoms with E-state index in [0.717, 1.165) is 0 Å². The normalized spacial score (nSPS) is 10.4. The number of carbonyl (C=O) groups excluding carboxylic acids is 2. The second-order valence-electron chi connectivity index (χ2n) is 3.99. The molecule has 0 saturated heterocycles. The highest BCUT2D eigenvalue weighted by Crippen LogP contribution is 2.17. The van der Waals surface area contributed by atoms with E-state index in [-0.39, 0.29) is 12.3 Å². The van der Waals surface area contributed by atoms with Crippen LogP contribution in [-0.4, -0.2) is 51.0 Å². The molecular weight excluding hydrogens is 264 g/mol. The van der Waals surface area contributed by atoms with Gasteiger partial charge in [0.05, 0.1) is 6.54 Å². The van der Waals surface area contributed by atoms with Crippen LogP contribution in [-0.2, 0) is 19.1 Å². The smallest absolute Gasteiger partial charge is 0.316 e. The Morgan fingerprint density at radius 3 is 2.30 bits per heavy atom. The molecule has 0 atom stereocenters. The molecule has 110 valence electrons. The van der Waals surface area contributed by atoms with Crippen molar-refractivity contribution in [3.8, 4) is 5.75 Å². The lowest BCUT2D eigenvalue weighted by atomic mass is 10.3. The van der Waals surface area contributed by atoms with Gasteiger partial charge in [0.1, 0.15) is 5.75 Å². The van der Waals surface area contributed by atoms with Crippen LogP contribution in [0.15, 0.2) is 24.3 Å². The maximum atomic E-state index is 11.9. The third-order valence-corrected chi connectivity index (χ3v) is 2.69. The predicted molar refractivity (Wildman–Crippen MR) is 72.3 cm³/mol. The van der Waals surface area contributed by atoms with Crippen LogP contribution in [0.25, 0.3) is 0 Å². The summed E-state index contributed by atoms with van der Waals surface area (Å²) in [6.45, 7) is 0.0704. The maximum Gasteiger partial charge on any atom is 0.316 e. The van der Waals surface area contributed by atoms with Crippen molar-refractivity contribution in [2.24, 2.45) is 0 Å². The standard InChI is InChI=1S/C13H18N2O5/c1-15(9-4-6-10(16)7-5-9)13(18)12(17)14-8-11(19-2)20-3/h4-7,11,16H,8H2,1-3H3,(H,14,17). The SMILES string of the molecule is COC(CNC(=O)C(=O)N(C)c1ccc(O)cc1)OC. The van der Waals surface area contributed by atoms with Crippen molar-refractivity contribution < 1.29 is 24.2 Å². The molecule has 0 aliphatic heterocycles. The number of hydrogen-bond acceptors (Lipinski definition) is 5. The summed E-state index contributed by atoms with van der Waals surface area (Å²) in [6.07, 6.45) is -0.606. The van der Waals surface area contributed by atoms with Gasteiger partial charge in [0.15, 0.2) is 6.29 Å². The minimum atomic E-state index is -0.764. The number of methoxy groups -OCH3 is 2. The minimum absolute atomic E-state index is 0.0704. The summed E-state index contributed by atoms with van der Waals surface area (Å²) in [5.74, 6) is -1.40. The molecule has 0 aliphatic rings. The second kappa shape index (κ2) is 7.46. The van der Waals surface area contributed by atoms with Crippen LogP contribution in [0.1, 0.15) is 0 Å². The molecule has 1 rings (SSSR count). The molecule has 0 heterocycles. The zero-order chi connectivity index (χ0) is 15.1. The zero-order valence-corrected chi connectivity index (χ0v) is 11.6. The predicted octanol–water partition coefficient (Wildman–Crippen LogP) is 0.0901. The number of phenolic OH excluding ortho intramolecular Hbond substituents is 1. The van der Waals surface area contributed by atoms with Crippen LogP contribution in [0.4, 0.5) is 5.69 Å². The Hall–Kier alpha value is -2.12. The molecule has 7 nitrogen and oxygen atoms in total. The second-order valence-corrected chi connectivity index (χ2v) is 3.99.